The van der Waals surface area contributed by atoms with Crippen molar-refractivity contribution in [1.29, 1.82) is 0 Å². The number of nitrogens with zero attached hydrogens (tertiary/aromatic N) is 1. The molecule has 52 heavy (non-hydrogen) atoms. The van der Waals surface area contributed by atoms with Gasteiger partial charge in [0.25, 0.3) is 5.91 Å². The molecule has 3 fully saturated rings. The molecule has 3 aromatic carbocycles. The Hall–Kier alpha value is -4.89. The summed E-state index contributed by atoms with van der Waals surface area (Å²) in [7, 11) is 0. The summed E-state index contributed by atoms with van der Waals surface area (Å²) < 4.78 is 50.2. The number of halogens is 3. The minimum absolute atomic E-state index is 0.0143. The zero-order valence-electron chi connectivity index (χ0n) is 27.3. The minimum Gasteiger partial charge on any atom is -0.484 e. The molecule has 8 rings (SSSR count). The van der Waals surface area contributed by atoms with Gasteiger partial charge in [0.05, 0.1) is 40.3 Å². The fourth-order valence-corrected chi connectivity index (χ4v) is 11.4. The lowest BCUT2D eigenvalue weighted by atomic mass is 9.68. The molecular formula is C37H30F3N3O7S2. The number of ether oxygens (including phenoxy) is 2. The van der Waals surface area contributed by atoms with E-state index in [-0.39, 0.29) is 57.9 Å². The van der Waals surface area contributed by atoms with Gasteiger partial charge in [0.1, 0.15) is 5.75 Å². The summed E-state index contributed by atoms with van der Waals surface area (Å²) in [6.45, 7) is 1.47. The van der Waals surface area contributed by atoms with Gasteiger partial charge in [-0.25, -0.2) is 4.79 Å². The van der Waals surface area contributed by atoms with E-state index >= 15 is 0 Å². The van der Waals surface area contributed by atoms with Crippen molar-refractivity contribution in [3.05, 3.63) is 104 Å². The van der Waals surface area contributed by atoms with Gasteiger partial charge in [0.15, 0.2) is 6.61 Å². The van der Waals surface area contributed by atoms with Gasteiger partial charge in [0.2, 0.25) is 11.8 Å². The summed E-state index contributed by atoms with van der Waals surface area (Å²) in [5.41, 5.74) is 0.629. The topological polar surface area (TPSA) is 135 Å². The van der Waals surface area contributed by atoms with Crippen LogP contribution in [0.2, 0.25) is 0 Å². The van der Waals surface area contributed by atoms with Crippen LogP contribution in [0, 0.1) is 29.6 Å². The van der Waals surface area contributed by atoms with E-state index < -0.39 is 42.1 Å². The van der Waals surface area contributed by atoms with Crippen molar-refractivity contribution in [2.24, 2.45) is 29.6 Å². The molecule has 2 aliphatic carbocycles. The van der Waals surface area contributed by atoms with Crippen molar-refractivity contribution in [2.45, 2.75) is 35.7 Å². The molecule has 2 aliphatic heterocycles. The molecule has 0 spiro atoms. The first-order chi connectivity index (χ1) is 24.9. The van der Waals surface area contributed by atoms with E-state index in [1.807, 2.05) is 6.07 Å². The van der Waals surface area contributed by atoms with E-state index in [1.165, 1.54) is 17.0 Å². The van der Waals surface area contributed by atoms with Gasteiger partial charge in [-0.15, -0.1) is 11.8 Å². The molecule has 3 amide bonds. The average Bonchev–Trinajstić information content (AvgIpc) is 3.86. The third-order valence-corrected chi connectivity index (χ3v) is 13.0. The number of hydrogen-bond donors (Lipinski definition) is 2. The summed E-state index contributed by atoms with van der Waals surface area (Å²) in [5, 5.41) is 3.12. The predicted octanol–water partition coefficient (Wildman–Crippen LogP) is 6.33. The van der Waals surface area contributed by atoms with Crippen LogP contribution in [0.25, 0.3) is 0 Å². The molecule has 2 N–H and O–H groups in total. The fraction of sp³-hybridized carbons (Fsp3) is 0.324. The van der Waals surface area contributed by atoms with Crippen molar-refractivity contribution in [1.82, 2.24) is 4.98 Å². The number of alkyl halides is 3. The van der Waals surface area contributed by atoms with E-state index in [1.54, 1.807) is 61.2 Å². The summed E-state index contributed by atoms with van der Waals surface area (Å²) in [4.78, 5) is 70.5. The zero-order chi connectivity index (χ0) is 36.5. The third-order valence-electron chi connectivity index (χ3n) is 10.4. The normalized spacial score (nSPS) is 25.8. The van der Waals surface area contributed by atoms with Gasteiger partial charge >= 0.3 is 17.0 Å². The number of carbonyl (C=O) groups is 4. The molecule has 0 radical (unpaired) electrons. The highest BCUT2D eigenvalue weighted by molar-refractivity contribution is 8.00. The average molecular weight is 750 g/mol. The van der Waals surface area contributed by atoms with Crippen molar-refractivity contribution >= 4 is 58.2 Å². The van der Waals surface area contributed by atoms with Gasteiger partial charge in [-0.1, -0.05) is 29.5 Å². The lowest BCUT2D eigenvalue weighted by Gasteiger charge is -2.43. The highest BCUT2D eigenvalue weighted by Gasteiger charge is 2.69. The Balaban J connectivity index is 1.04. The van der Waals surface area contributed by atoms with Crippen LogP contribution >= 0.6 is 23.1 Å². The summed E-state index contributed by atoms with van der Waals surface area (Å²) >= 11 is 2.67. The molecule has 268 valence electrons. The van der Waals surface area contributed by atoms with Gasteiger partial charge in [0, 0.05) is 21.7 Å². The van der Waals surface area contributed by atoms with Crippen LogP contribution < -0.4 is 19.8 Å². The highest BCUT2D eigenvalue weighted by Crippen LogP contribution is 2.68. The number of carbonyl (C=O) groups excluding carboxylic acids is 4. The Bertz CT molecular complexity index is 2170. The molecule has 15 heteroatoms. The second-order valence-electron chi connectivity index (χ2n) is 13.2. The minimum atomic E-state index is -4.56. The molecule has 4 aromatic rings. The maximum absolute atomic E-state index is 14.1. The van der Waals surface area contributed by atoms with Crippen LogP contribution in [-0.2, 0) is 25.3 Å². The van der Waals surface area contributed by atoms with E-state index in [2.05, 4.69) is 10.3 Å². The molecule has 10 nitrogen and oxygen atoms in total. The summed E-state index contributed by atoms with van der Waals surface area (Å²) in [6.07, 6.45) is -3.87. The Morgan fingerprint density at radius 1 is 0.962 bits per heavy atom. The summed E-state index contributed by atoms with van der Waals surface area (Å²) in [6, 6.07) is 17.7. The van der Waals surface area contributed by atoms with E-state index in [4.69, 9.17) is 9.47 Å². The molecule has 0 unspecified atom stereocenters. The molecule has 4 aliphatic rings. The van der Waals surface area contributed by atoms with E-state index in [9.17, 15) is 37.1 Å². The molecule has 3 heterocycles. The van der Waals surface area contributed by atoms with Crippen LogP contribution in [0.1, 0.15) is 45.6 Å². The van der Waals surface area contributed by atoms with Crippen molar-refractivity contribution < 1.29 is 41.8 Å². The van der Waals surface area contributed by atoms with Crippen molar-refractivity contribution in [3.8, 4) is 5.75 Å². The number of esters is 1. The van der Waals surface area contributed by atoms with Gasteiger partial charge in [-0.05, 0) is 91.3 Å². The van der Waals surface area contributed by atoms with Crippen LogP contribution in [0.15, 0.2) is 82.6 Å². The first kappa shape index (κ1) is 34.2. The predicted molar refractivity (Wildman–Crippen MR) is 185 cm³/mol. The number of imide groups is 1. The summed E-state index contributed by atoms with van der Waals surface area (Å²) in [5.74, 6) is -3.01. The zero-order valence-corrected chi connectivity index (χ0v) is 29.0. The smallest absolute Gasteiger partial charge is 0.416 e. The largest absolute Gasteiger partial charge is 0.484 e. The van der Waals surface area contributed by atoms with E-state index in [0.29, 0.717) is 23.4 Å². The maximum Gasteiger partial charge on any atom is 0.416 e. The number of nitrogens with one attached hydrogen (secondary N) is 2. The first-order valence-corrected chi connectivity index (χ1v) is 18.4. The van der Waals surface area contributed by atoms with Gasteiger partial charge in [-0.3, -0.25) is 24.1 Å². The second-order valence-corrected chi connectivity index (χ2v) is 15.4. The molecule has 2 saturated carbocycles. The maximum atomic E-state index is 14.1. The Morgan fingerprint density at radius 2 is 1.69 bits per heavy atom. The number of aromatic amines is 1. The first-order valence-electron chi connectivity index (χ1n) is 16.7. The number of hydrogen-bond acceptors (Lipinski definition) is 9. The van der Waals surface area contributed by atoms with Crippen LogP contribution in [0.4, 0.5) is 24.5 Å². The lowest BCUT2D eigenvalue weighted by molar-refractivity contribution is -0.137. The highest BCUT2D eigenvalue weighted by atomic mass is 32.2. The number of anilines is 2. The molecule has 1 saturated heterocycles. The van der Waals surface area contributed by atoms with Crippen LogP contribution in [0.5, 0.6) is 5.75 Å². The number of aromatic nitrogens is 1. The Labute approximate surface area is 302 Å². The number of H-pyrrole nitrogens is 1. The number of thiazole rings is 1. The molecule has 7 atom stereocenters. The fourth-order valence-electron chi connectivity index (χ4n) is 8.52. The molecule has 2 bridgehead atoms. The Kier molecular flexibility index (Phi) is 8.52. The number of amides is 3. The quantitative estimate of drug-likeness (QED) is 0.158. The van der Waals surface area contributed by atoms with Crippen molar-refractivity contribution in [3.63, 3.8) is 0 Å². The molecule has 1 aromatic heterocycles. The van der Waals surface area contributed by atoms with Crippen LogP contribution in [-0.4, -0.2) is 47.1 Å². The molecular weight excluding hydrogens is 720 g/mol. The van der Waals surface area contributed by atoms with Crippen LogP contribution in [0.3, 0.4) is 0 Å². The van der Waals surface area contributed by atoms with Crippen molar-refractivity contribution in [2.75, 3.05) is 23.4 Å². The van der Waals surface area contributed by atoms with Gasteiger partial charge in [-0.2, -0.15) is 13.2 Å². The standard InChI is InChI=1S/C37H30F3N3O7S2/c1-2-49-35(47)17-9-11-21(12-10-17)43-33(45)28-23-15-24(29(28)34(43)46)30-27(23)26(31-32(51-30)42-36(48)52-31)18-5-3-8-22(13-18)50-16-25(44)41-20-7-4-6-19(14-20)37(38,39)40/h3-14,23-24,26-30H,2,15-16H2,1H3,(H,41,44)(H,42,48)/t23-,24-,26+,27-,28+,29+,30-/m1/s1. The lowest BCUT2D eigenvalue weighted by Crippen LogP contribution is -2.42. The number of thioether (sulfide) groups is 1. The SMILES string of the molecule is CCOC(=O)c1ccc(N2C(=O)[C@H]3[C@H]4C[C@@H]([C@@H]3C2=O)[C@@H]2[C@H](c3cccc(OCC(=O)Nc5cccc(C(F)(F)F)c5)c3)c3sc(=O)[nH]c3S[C@H]42)cc1. The number of fused-ring (bicyclic) bond motifs is 9. The monoisotopic (exact) mass is 749 g/mol. The van der Waals surface area contributed by atoms with E-state index in [0.717, 1.165) is 38.9 Å². The number of benzene rings is 3. The number of rotatable bonds is 8. The van der Waals surface area contributed by atoms with Gasteiger partial charge < -0.3 is 19.8 Å². The third kappa shape index (κ3) is 5.79. The Morgan fingerprint density at radius 3 is 2.42 bits per heavy atom. The second kappa shape index (κ2) is 13.0.